The Balaban J connectivity index is 3.07. The van der Waals surface area contributed by atoms with E-state index in [-0.39, 0.29) is 5.49 Å². The van der Waals surface area contributed by atoms with Gasteiger partial charge in [0.1, 0.15) is 6.04 Å². The Morgan fingerprint density at radius 1 is 1.62 bits per heavy atom. The molecule has 0 unspecified atom stereocenters. The Kier molecular flexibility index (Phi) is 2.69. The van der Waals surface area contributed by atoms with Crippen molar-refractivity contribution >= 4 is 5.97 Å². The first kappa shape index (κ1) is 9.31. The molecule has 0 spiro atoms. The Morgan fingerprint density at radius 2 is 2.31 bits per heavy atom. The van der Waals surface area contributed by atoms with Gasteiger partial charge in [0.15, 0.2) is 5.49 Å². The largest absolute Gasteiger partial charge is 0.480 e. The van der Waals surface area contributed by atoms with E-state index in [2.05, 4.69) is 4.99 Å². The van der Waals surface area contributed by atoms with E-state index in [4.69, 9.17) is 5.11 Å². The molecule has 1 atom stereocenters. The summed E-state index contributed by atoms with van der Waals surface area (Å²) in [6, 6.07) is 3.95. The molecular formula is C8H10N2O3. The minimum atomic E-state index is -1.02. The molecule has 1 rings (SSSR count). The average molecular weight is 182 g/mol. The van der Waals surface area contributed by atoms with Gasteiger partial charge < -0.3 is 10.3 Å². The van der Waals surface area contributed by atoms with Crippen LogP contribution in [0.3, 0.4) is 0 Å². The number of hydrogen-bond acceptors (Lipinski definition) is 3. The second-order valence-electron chi connectivity index (χ2n) is 2.55. The summed E-state index contributed by atoms with van der Waals surface area (Å²) < 4.78 is 0.777. The van der Waals surface area contributed by atoms with Crippen LogP contribution in [0.25, 0.3) is 0 Å². The quantitative estimate of drug-likeness (QED) is 0.637. The first-order valence-corrected chi connectivity index (χ1v) is 3.75. The van der Waals surface area contributed by atoms with E-state index in [1.807, 2.05) is 0 Å². The van der Waals surface area contributed by atoms with Crippen molar-refractivity contribution in [2.75, 3.05) is 0 Å². The fourth-order valence-electron chi connectivity index (χ4n) is 0.781. The van der Waals surface area contributed by atoms with Gasteiger partial charge in [0.2, 0.25) is 0 Å². The molecule has 0 saturated carbocycles. The van der Waals surface area contributed by atoms with E-state index in [0.717, 1.165) is 4.73 Å². The van der Waals surface area contributed by atoms with Crippen LogP contribution in [0.15, 0.2) is 29.4 Å². The average Bonchev–Trinajstić information content (AvgIpc) is 2.08. The molecule has 0 saturated heterocycles. The molecule has 5 nitrogen and oxygen atoms in total. The first-order chi connectivity index (χ1) is 6.11. The van der Waals surface area contributed by atoms with Gasteiger partial charge in [0.25, 0.3) is 0 Å². The van der Waals surface area contributed by atoms with Crippen LogP contribution in [-0.4, -0.2) is 27.1 Å². The molecule has 1 aromatic rings. The van der Waals surface area contributed by atoms with Crippen LogP contribution in [0.2, 0.25) is 0 Å². The molecule has 0 aliphatic carbocycles. The molecule has 0 aliphatic rings. The lowest BCUT2D eigenvalue weighted by Crippen LogP contribution is -2.23. The third kappa shape index (κ3) is 2.33. The molecule has 13 heavy (non-hydrogen) atoms. The Bertz CT molecular complexity index is 370. The number of carboxylic acids is 1. The molecule has 0 bridgehead atoms. The van der Waals surface area contributed by atoms with Crippen LogP contribution >= 0.6 is 0 Å². The van der Waals surface area contributed by atoms with E-state index in [0.29, 0.717) is 0 Å². The lowest BCUT2D eigenvalue weighted by molar-refractivity contribution is -0.138. The summed E-state index contributed by atoms with van der Waals surface area (Å²) >= 11 is 0. The first-order valence-electron chi connectivity index (χ1n) is 3.75. The summed E-state index contributed by atoms with van der Waals surface area (Å²) in [5, 5.41) is 17.7. The van der Waals surface area contributed by atoms with Gasteiger partial charge in [0.05, 0.1) is 0 Å². The summed E-state index contributed by atoms with van der Waals surface area (Å²) in [5.74, 6) is -1.02. The van der Waals surface area contributed by atoms with Crippen LogP contribution < -0.4 is 5.49 Å². The van der Waals surface area contributed by atoms with Crippen molar-refractivity contribution in [2.24, 2.45) is 4.99 Å². The highest BCUT2D eigenvalue weighted by Gasteiger charge is 2.07. The highest BCUT2D eigenvalue weighted by atomic mass is 16.5. The third-order valence-corrected chi connectivity index (χ3v) is 1.50. The SMILES string of the molecule is C[C@H](N=c1ccccn1O)C(=O)O. The minimum absolute atomic E-state index is 0.220. The molecule has 70 valence electrons. The smallest absolute Gasteiger partial charge is 0.328 e. The summed E-state index contributed by atoms with van der Waals surface area (Å²) in [4.78, 5) is 14.2. The fraction of sp³-hybridized carbons (Fsp3) is 0.250. The molecule has 2 N–H and O–H groups in total. The maximum absolute atomic E-state index is 10.4. The molecule has 0 aromatic carbocycles. The predicted molar refractivity (Wildman–Crippen MR) is 44.3 cm³/mol. The molecule has 0 amide bonds. The Morgan fingerprint density at radius 3 is 2.85 bits per heavy atom. The van der Waals surface area contributed by atoms with E-state index < -0.39 is 12.0 Å². The van der Waals surface area contributed by atoms with Gasteiger partial charge in [-0.15, -0.1) is 0 Å². The zero-order valence-corrected chi connectivity index (χ0v) is 7.08. The topological polar surface area (TPSA) is 74.8 Å². The second-order valence-corrected chi connectivity index (χ2v) is 2.55. The van der Waals surface area contributed by atoms with Crippen molar-refractivity contribution in [2.45, 2.75) is 13.0 Å². The summed E-state index contributed by atoms with van der Waals surface area (Å²) in [6.45, 7) is 1.44. The molecule has 0 radical (unpaired) electrons. The number of carboxylic acid groups (broad SMARTS) is 1. The lowest BCUT2D eigenvalue weighted by Gasteiger charge is -2.00. The Labute approximate surface area is 74.6 Å². The van der Waals surface area contributed by atoms with Gasteiger partial charge in [-0.3, -0.25) is 4.99 Å². The number of aliphatic carboxylic acids is 1. The summed E-state index contributed by atoms with van der Waals surface area (Å²) in [7, 11) is 0. The number of rotatable bonds is 2. The zero-order chi connectivity index (χ0) is 9.84. The van der Waals surface area contributed by atoms with Crippen LogP contribution in [0.1, 0.15) is 6.92 Å². The second kappa shape index (κ2) is 3.75. The van der Waals surface area contributed by atoms with Gasteiger partial charge in [-0.1, -0.05) is 6.07 Å². The molecular weight excluding hydrogens is 172 g/mol. The van der Waals surface area contributed by atoms with Crippen LogP contribution in [0.4, 0.5) is 0 Å². The van der Waals surface area contributed by atoms with Crippen molar-refractivity contribution in [3.63, 3.8) is 0 Å². The van der Waals surface area contributed by atoms with Crippen molar-refractivity contribution in [3.05, 3.63) is 29.9 Å². The normalized spacial score (nSPS) is 14.1. The number of hydrogen-bond donors (Lipinski definition) is 2. The van der Waals surface area contributed by atoms with Crippen LogP contribution in [0, 0.1) is 0 Å². The third-order valence-electron chi connectivity index (χ3n) is 1.50. The minimum Gasteiger partial charge on any atom is -0.480 e. The zero-order valence-electron chi connectivity index (χ0n) is 7.08. The highest BCUT2D eigenvalue weighted by Crippen LogP contribution is 1.86. The van der Waals surface area contributed by atoms with E-state index >= 15 is 0 Å². The van der Waals surface area contributed by atoms with Crippen LogP contribution in [-0.2, 0) is 4.79 Å². The van der Waals surface area contributed by atoms with Crippen molar-refractivity contribution in [1.82, 2.24) is 4.73 Å². The van der Waals surface area contributed by atoms with Crippen molar-refractivity contribution < 1.29 is 15.1 Å². The maximum atomic E-state index is 10.4. The number of nitrogens with zero attached hydrogens (tertiary/aromatic N) is 2. The molecule has 0 fully saturated rings. The maximum Gasteiger partial charge on any atom is 0.328 e. The van der Waals surface area contributed by atoms with Gasteiger partial charge >= 0.3 is 5.97 Å². The monoisotopic (exact) mass is 182 g/mol. The van der Waals surface area contributed by atoms with E-state index in [9.17, 15) is 10.0 Å². The van der Waals surface area contributed by atoms with E-state index in [1.165, 1.54) is 19.2 Å². The van der Waals surface area contributed by atoms with E-state index in [1.54, 1.807) is 12.1 Å². The molecule has 0 aliphatic heterocycles. The lowest BCUT2D eigenvalue weighted by atomic mass is 10.4. The fourth-order valence-corrected chi connectivity index (χ4v) is 0.781. The number of aromatic nitrogens is 1. The summed E-state index contributed by atoms with van der Waals surface area (Å²) in [6.07, 6.45) is 1.38. The highest BCUT2D eigenvalue weighted by molar-refractivity contribution is 5.72. The number of carbonyl (C=O) groups is 1. The number of pyridine rings is 1. The summed E-state index contributed by atoms with van der Waals surface area (Å²) in [5.41, 5.74) is 0.220. The van der Waals surface area contributed by atoms with Gasteiger partial charge in [-0.25, -0.2) is 4.79 Å². The molecule has 1 aromatic heterocycles. The van der Waals surface area contributed by atoms with Gasteiger partial charge in [0, 0.05) is 6.20 Å². The van der Waals surface area contributed by atoms with Gasteiger partial charge in [-0.2, -0.15) is 4.73 Å². The Hall–Kier alpha value is -1.78. The van der Waals surface area contributed by atoms with Crippen molar-refractivity contribution in [3.8, 4) is 0 Å². The predicted octanol–water partition coefficient (Wildman–Crippen LogP) is 0.0992. The van der Waals surface area contributed by atoms with Crippen molar-refractivity contribution in [1.29, 1.82) is 0 Å². The molecule has 5 heteroatoms. The standard InChI is InChI=1S/C8H10N2O3/c1-6(8(11)12)9-7-4-2-3-5-10(7)13/h2-6,13H,1H3,(H,11,12)/t6-/m0/s1. The molecule has 1 heterocycles. The van der Waals surface area contributed by atoms with Crippen LogP contribution in [0.5, 0.6) is 0 Å². The van der Waals surface area contributed by atoms with Gasteiger partial charge in [-0.05, 0) is 19.1 Å².